The first-order chi connectivity index (χ1) is 13.1. The molecule has 0 bridgehead atoms. The average Bonchev–Trinajstić information content (AvgIpc) is 2.69. The molecule has 0 heterocycles. The Morgan fingerprint density at radius 3 is 1.37 bits per heavy atom. The summed E-state index contributed by atoms with van der Waals surface area (Å²) >= 11 is 0. The van der Waals surface area contributed by atoms with Gasteiger partial charge >= 0.3 is 0 Å². The number of benzene rings is 2. The second-order valence-electron chi connectivity index (χ2n) is 5.98. The van der Waals surface area contributed by atoms with Crippen molar-refractivity contribution >= 4 is 0 Å². The Kier molecular flexibility index (Phi) is 8.42. The number of hydrogen-bond donors (Lipinski definition) is 2. The first-order valence-electron chi connectivity index (χ1n) is 8.79. The molecule has 0 atom stereocenters. The zero-order valence-electron chi connectivity index (χ0n) is 15.4. The molecule has 144 valence electrons. The van der Waals surface area contributed by atoms with Gasteiger partial charge in [-0.15, -0.1) is 0 Å². The van der Waals surface area contributed by atoms with Gasteiger partial charge in [0.1, 0.15) is 11.5 Å². The molecule has 0 aliphatic rings. The first-order valence-corrected chi connectivity index (χ1v) is 8.79. The summed E-state index contributed by atoms with van der Waals surface area (Å²) in [6, 6.07) is 14.5. The van der Waals surface area contributed by atoms with Gasteiger partial charge in [-0.2, -0.15) is 0 Å². The van der Waals surface area contributed by atoms with Crippen LogP contribution in [0, 0.1) is 0 Å². The molecular formula is C22H26O5. The molecule has 0 saturated heterocycles. The van der Waals surface area contributed by atoms with Crippen LogP contribution in [0.4, 0.5) is 0 Å². The lowest BCUT2D eigenvalue weighted by Crippen LogP contribution is -2.04. The molecule has 0 amide bonds. The fourth-order valence-electron chi connectivity index (χ4n) is 2.25. The molecule has 5 nitrogen and oxygen atoms in total. The van der Waals surface area contributed by atoms with E-state index in [0.717, 1.165) is 22.6 Å². The fourth-order valence-corrected chi connectivity index (χ4v) is 2.25. The van der Waals surface area contributed by atoms with Crippen molar-refractivity contribution in [2.45, 2.75) is 26.1 Å². The smallest absolute Gasteiger partial charge is 0.119 e. The van der Waals surface area contributed by atoms with Gasteiger partial charge < -0.3 is 24.4 Å². The third kappa shape index (κ3) is 7.56. The van der Waals surface area contributed by atoms with Gasteiger partial charge in [-0.25, -0.2) is 0 Å². The second kappa shape index (κ2) is 11.1. The van der Waals surface area contributed by atoms with Crippen LogP contribution in [0.5, 0.6) is 11.5 Å². The summed E-state index contributed by atoms with van der Waals surface area (Å²) in [5, 5.41) is 18.0. The van der Waals surface area contributed by atoms with E-state index in [1.807, 2.05) is 48.5 Å². The van der Waals surface area contributed by atoms with Gasteiger partial charge in [0.15, 0.2) is 0 Å². The van der Waals surface area contributed by atoms with Gasteiger partial charge in [0, 0.05) is 12.8 Å². The molecule has 2 aromatic carbocycles. The summed E-state index contributed by atoms with van der Waals surface area (Å²) in [7, 11) is 0. The number of ether oxygens (including phenoxy) is 3. The van der Waals surface area contributed by atoms with E-state index in [2.05, 4.69) is 13.2 Å². The monoisotopic (exact) mass is 370 g/mol. The maximum absolute atomic E-state index is 9.01. The molecule has 0 saturated carbocycles. The van der Waals surface area contributed by atoms with Crippen LogP contribution in [0.2, 0.25) is 0 Å². The predicted molar refractivity (Wildman–Crippen MR) is 104 cm³/mol. The topological polar surface area (TPSA) is 68.2 Å². The number of aliphatic hydroxyl groups is 2. The minimum atomic E-state index is 0.0186. The molecule has 2 aromatic rings. The second-order valence-corrected chi connectivity index (χ2v) is 5.98. The molecule has 5 heteroatoms. The highest BCUT2D eigenvalue weighted by atomic mass is 16.5. The highest BCUT2D eigenvalue weighted by Crippen LogP contribution is 2.16. The lowest BCUT2D eigenvalue weighted by atomic mass is 10.2. The number of rotatable bonds is 12. The Labute approximate surface area is 160 Å². The van der Waals surface area contributed by atoms with E-state index >= 15 is 0 Å². The van der Waals surface area contributed by atoms with Crippen molar-refractivity contribution in [2.75, 3.05) is 13.2 Å². The largest absolute Gasteiger partial charge is 0.493 e. The molecule has 0 unspecified atom stereocenters. The maximum Gasteiger partial charge on any atom is 0.119 e. The molecular weight excluding hydrogens is 344 g/mol. The van der Waals surface area contributed by atoms with Crippen molar-refractivity contribution in [1.82, 2.24) is 0 Å². The van der Waals surface area contributed by atoms with E-state index in [4.69, 9.17) is 24.4 Å². The van der Waals surface area contributed by atoms with Crippen molar-refractivity contribution < 1.29 is 24.4 Å². The molecule has 0 fully saturated rings. The van der Waals surface area contributed by atoms with Gasteiger partial charge in [0.2, 0.25) is 0 Å². The maximum atomic E-state index is 9.01. The van der Waals surface area contributed by atoms with Crippen molar-refractivity contribution in [2.24, 2.45) is 0 Å². The van der Waals surface area contributed by atoms with Gasteiger partial charge in [0.25, 0.3) is 0 Å². The summed E-state index contributed by atoms with van der Waals surface area (Å²) in [4.78, 5) is 0. The minimum Gasteiger partial charge on any atom is -0.493 e. The third-order valence-electron chi connectivity index (χ3n) is 3.80. The van der Waals surface area contributed by atoms with Crippen molar-refractivity contribution in [3.8, 4) is 11.5 Å². The van der Waals surface area contributed by atoms with Crippen LogP contribution in [-0.2, 0) is 18.0 Å². The van der Waals surface area contributed by atoms with Crippen LogP contribution >= 0.6 is 0 Å². The average molecular weight is 370 g/mol. The van der Waals surface area contributed by atoms with Crippen LogP contribution in [0.25, 0.3) is 0 Å². The quantitative estimate of drug-likeness (QED) is 0.554. The van der Waals surface area contributed by atoms with Crippen LogP contribution in [0.1, 0.15) is 24.0 Å². The van der Waals surface area contributed by atoms with Crippen molar-refractivity contribution in [3.63, 3.8) is 0 Å². The molecule has 2 rings (SSSR count). The molecule has 27 heavy (non-hydrogen) atoms. The van der Waals surface area contributed by atoms with E-state index in [1.54, 1.807) is 0 Å². The van der Waals surface area contributed by atoms with Gasteiger partial charge in [-0.3, -0.25) is 0 Å². The zero-order valence-corrected chi connectivity index (χ0v) is 15.4. The molecule has 0 aliphatic heterocycles. The van der Waals surface area contributed by atoms with Crippen molar-refractivity contribution in [3.05, 3.63) is 84.3 Å². The summed E-state index contributed by atoms with van der Waals surface area (Å²) in [6.07, 6.45) is 1.09. The molecule has 0 aromatic heterocycles. The lowest BCUT2D eigenvalue weighted by Gasteiger charge is -2.13. The van der Waals surface area contributed by atoms with Crippen LogP contribution < -0.4 is 9.47 Å². The van der Waals surface area contributed by atoms with E-state index < -0.39 is 0 Å². The van der Waals surface area contributed by atoms with Gasteiger partial charge in [-0.1, -0.05) is 37.4 Å². The van der Waals surface area contributed by atoms with Crippen molar-refractivity contribution in [1.29, 1.82) is 0 Å². The van der Waals surface area contributed by atoms with Crippen LogP contribution in [0.3, 0.4) is 0 Å². The Hall–Kier alpha value is -2.76. The van der Waals surface area contributed by atoms with E-state index in [1.165, 1.54) is 0 Å². The van der Waals surface area contributed by atoms with E-state index in [0.29, 0.717) is 37.6 Å². The fraction of sp³-hybridized carbons (Fsp3) is 0.273. The predicted octanol–water partition coefficient (Wildman–Crippen LogP) is 3.95. The highest BCUT2D eigenvalue weighted by molar-refractivity contribution is 5.27. The Morgan fingerprint density at radius 1 is 0.667 bits per heavy atom. The minimum absolute atomic E-state index is 0.0186. The summed E-state index contributed by atoms with van der Waals surface area (Å²) < 4.78 is 16.8. The molecule has 2 N–H and O–H groups in total. The SMILES string of the molecule is C=C(CCOc1ccc(CO)cc1)OC(=C)CCOc1ccc(CO)cc1. The van der Waals surface area contributed by atoms with Gasteiger partial charge in [0.05, 0.1) is 37.9 Å². The number of hydrogen-bond acceptors (Lipinski definition) is 5. The summed E-state index contributed by atoms with van der Waals surface area (Å²) in [6.45, 7) is 8.68. The number of aliphatic hydroxyl groups excluding tert-OH is 2. The molecule has 0 aliphatic carbocycles. The Bertz CT molecular complexity index is 656. The molecule has 0 spiro atoms. The van der Waals surface area contributed by atoms with E-state index in [9.17, 15) is 0 Å². The zero-order chi connectivity index (χ0) is 19.5. The Morgan fingerprint density at radius 2 is 1.04 bits per heavy atom. The summed E-state index contributed by atoms with van der Waals surface area (Å²) in [5.74, 6) is 2.64. The molecule has 0 radical (unpaired) electrons. The van der Waals surface area contributed by atoms with Crippen LogP contribution in [-0.4, -0.2) is 23.4 Å². The Balaban J connectivity index is 1.60. The lowest BCUT2D eigenvalue weighted by molar-refractivity contribution is 0.227. The van der Waals surface area contributed by atoms with Gasteiger partial charge in [-0.05, 0) is 35.4 Å². The third-order valence-corrected chi connectivity index (χ3v) is 3.80. The summed E-state index contributed by atoms with van der Waals surface area (Å²) in [5.41, 5.74) is 1.69. The highest BCUT2D eigenvalue weighted by Gasteiger charge is 2.03. The van der Waals surface area contributed by atoms with E-state index in [-0.39, 0.29) is 13.2 Å². The van der Waals surface area contributed by atoms with Crippen LogP contribution in [0.15, 0.2) is 73.2 Å². The standard InChI is InChI=1S/C22H26O5/c1-17(11-13-25-21-7-3-19(15-23)4-8-21)27-18(2)12-14-26-22-9-5-20(16-24)6-10-22/h3-10,23-24H,1-2,11-16H2. The first kappa shape index (κ1) is 20.6. The normalized spacial score (nSPS) is 10.3.